The van der Waals surface area contributed by atoms with Crippen molar-refractivity contribution in [3.8, 4) is 0 Å². The summed E-state index contributed by atoms with van der Waals surface area (Å²) in [5, 5.41) is 7.77. The largest absolute Gasteiger partial charge is 0.387 e. The second-order valence-corrected chi connectivity index (χ2v) is 4.78. The van der Waals surface area contributed by atoms with Gasteiger partial charge in [0.15, 0.2) is 0 Å². The molecule has 0 fully saturated rings. The van der Waals surface area contributed by atoms with Crippen LogP contribution in [0.3, 0.4) is 0 Å². The Kier molecular flexibility index (Phi) is 4.35. The summed E-state index contributed by atoms with van der Waals surface area (Å²) in [6.45, 7) is 0.574. The summed E-state index contributed by atoms with van der Waals surface area (Å²) in [6.07, 6.45) is 0. The molecule has 0 aliphatic heterocycles. The number of amidine groups is 1. The van der Waals surface area contributed by atoms with Crippen LogP contribution in [0.2, 0.25) is 0 Å². The number of nitrogens with one attached hydrogen (secondary N) is 1. The second-order valence-electron chi connectivity index (χ2n) is 4.78. The highest BCUT2D eigenvalue weighted by Crippen LogP contribution is 2.20. The van der Waals surface area contributed by atoms with Gasteiger partial charge in [-0.25, -0.2) is 4.39 Å². The minimum atomic E-state index is -0.256. The van der Waals surface area contributed by atoms with Gasteiger partial charge in [-0.2, -0.15) is 0 Å². The molecule has 104 valence electrons. The maximum atomic E-state index is 12.9. The van der Waals surface area contributed by atoms with Gasteiger partial charge < -0.3 is 10.6 Å². The van der Waals surface area contributed by atoms with Gasteiger partial charge in [-0.05, 0) is 29.8 Å². The number of anilines is 1. The predicted octanol–water partition coefficient (Wildman–Crippen LogP) is 2.98. The molecule has 4 heteroatoms. The highest BCUT2D eigenvalue weighted by atomic mass is 19.1. The molecule has 0 saturated heterocycles. The molecule has 0 aliphatic rings. The number of nitrogens with zero attached hydrogens (tertiary/aromatic N) is 1. The Bertz CT molecular complexity index is 566. The Labute approximate surface area is 118 Å². The van der Waals surface area contributed by atoms with E-state index in [1.165, 1.54) is 12.1 Å². The van der Waals surface area contributed by atoms with E-state index in [-0.39, 0.29) is 17.6 Å². The van der Waals surface area contributed by atoms with Gasteiger partial charge in [0.2, 0.25) is 0 Å². The molecule has 20 heavy (non-hydrogen) atoms. The van der Waals surface area contributed by atoms with Crippen LogP contribution in [0, 0.1) is 11.2 Å². The van der Waals surface area contributed by atoms with Gasteiger partial charge in [-0.3, -0.25) is 5.41 Å². The lowest BCUT2D eigenvalue weighted by molar-refractivity contribution is 0.627. The summed E-state index contributed by atoms with van der Waals surface area (Å²) in [5.41, 5.74) is 7.62. The molecule has 0 radical (unpaired) electrons. The molecule has 0 spiro atoms. The first-order valence-corrected chi connectivity index (χ1v) is 6.43. The van der Waals surface area contributed by atoms with Crippen LogP contribution in [0.4, 0.5) is 10.1 Å². The average molecular weight is 271 g/mol. The van der Waals surface area contributed by atoms with Crippen molar-refractivity contribution in [2.75, 3.05) is 18.5 Å². The fourth-order valence-electron chi connectivity index (χ4n) is 2.14. The fourth-order valence-corrected chi connectivity index (χ4v) is 2.14. The van der Waals surface area contributed by atoms with Crippen molar-refractivity contribution >= 4 is 11.5 Å². The number of halogens is 1. The second kappa shape index (κ2) is 6.19. The van der Waals surface area contributed by atoms with E-state index in [1.807, 2.05) is 42.3 Å². The lowest BCUT2D eigenvalue weighted by Crippen LogP contribution is -2.32. The van der Waals surface area contributed by atoms with Crippen LogP contribution in [0.1, 0.15) is 11.5 Å². The summed E-state index contributed by atoms with van der Waals surface area (Å²) in [4.78, 5) is 1.97. The Balaban J connectivity index is 2.16. The molecular formula is C16H18FN3. The predicted molar refractivity (Wildman–Crippen MR) is 80.8 cm³/mol. The first-order chi connectivity index (χ1) is 9.58. The summed E-state index contributed by atoms with van der Waals surface area (Å²) in [5.74, 6) is -0.301. The average Bonchev–Trinajstić information content (AvgIpc) is 2.46. The van der Waals surface area contributed by atoms with Gasteiger partial charge in [0.25, 0.3) is 0 Å². The number of benzene rings is 2. The van der Waals surface area contributed by atoms with E-state index < -0.39 is 0 Å². The highest BCUT2D eigenvalue weighted by molar-refractivity contribution is 5.85. The first-order valence-electron chi connectivity index (χ1n) is 6.43. The van der Waals surface area contributed by atoms with E-state index in [2.05, 4.69) is 0 Å². The van der Waals surface area contributed by atoms with Crippen molar-refractivity contribution in [3.05, 3.63) is 66.0 Å². The van der Waals surface area contributed by atoms with E-state index in [1.54, 1.807) is 12.1 Å². The molecule has 0 aromatic heterocycles. The van der Waals surface area contributed by atoms with Crippen LogP contribution in [0.25, 0.3) is 0 Å². The van der Waals surface area contributed by atoms with Crippen molar-refractivity contribution < 1.29 is 4.39 Å². The summed E-state index contributed by atoms with van der Waals surface area (Å²) >= 11 is 0. The highest BCUT2D eigenvalue weighted by Gasteiger charge is 2.17. The Morgan fingerprint density at radius 3 is 2.30 bits per heavy atom. The molecule has 0 aliphatic carbocycles. The van der Waals surface area contributed by atoms with Crippen molar-refractivity contribution in [1.29, 1.82) is 5.41 Å². The quantitative estimate of drug-likeness (QED) is 0.649. The molecule has 1 unspecified atom stereocenters. The van der Waals surface area contributed by atoms with Gasteiger partial charge >= 0.3 is 0 Å². The monoisotopic (exact) mass is 271 g/mol. The van der Waals surface area contributed by atoms with E-state index in [0.717, 1.165) is 11.3 Å². The minimum Gasteiger partial charge on any atom is -0.387 e. The summed E-state index contributed by atoms with van der Waals surface area (Å²) < 4.78 is 12.9. The first kappa shape index (κ1) is 14.1. The SMILES string of the molecule is CN(CC(C(=N)N)c1ccccc1)c1ccc(F)cc1. The van der Waals surface area contributed by atoms with Crippen molar-refractivity contribution in [2.45, 2.75) is 5.92 Å². The maximum Gasteiger partial charge on any atom is 0.123 e. The topological polar surface area (TPSA) is 53.1 Å². The molecule has 0 heterocycles. The lowest BCUT2D eigenvalue weighted by atomic mass is 9.97. The van der Waals surface area contributed by atoms with Crippen LogP contribution in [-0.4, -0.2) is 19.4 Å². The van der Waals surface area contributed by atoms with Crippen LogP contribution in [-0.2, 0) is 0 Å². The van der Waals surface area contributed by atoms with Gasteiger partial charge in [0, 0.05) is 19.3 Å². The normalized spacial score (nSPS) is 11.9. The fraction of sp³-hybridized carbons (Fsp3) is 0.188. The minimum absolute atomic E-state index is 0.130. The molecule has 0 amide bonds. The van der Waals surface area contributed by atoms with Gasteiger partial charge in [0.1, 0.15) is 5.82 Å². The Morgan fingerprint density at radius 2 is 1.75 bits per heavy atom. The Hall–Kier alpha value is -2.36. The van der Waals surface area contributed by atoms with Crippen LogP contribution in [0.5, 0.6) is 0 Å². The number of nitrogens with two attached hydrogens (primary N) is 1. The van der Waals surface area contributed by atoms with E-state index >= 15 is 0 Å². The standard InChI is InChI=1S/C16H18FN3/c1-20(14-9-7-13(17)8-10-14)11-15(16(18)19)12-5-3-2-4-6-12/h2-10,15H,11H2,1H3,(H3,18,19). The molecule has 2 aromatic rings. The molecule has 3 N–H and O–H groups in total. The number of likely N-dealkylation sites (N-methyl/N-ethyl adjacent to an activating group) is 1. The zero-order valence-electron chi connectivity index (χ0n) is 11.4. The summed E-state index contributed by atoms with van der Waals surface area (Å²) in [7, 11) is 1.91. The molecule has 0 saturated carbocycles. The Morgan fingerprint density at radius 1 is 1.15 bits per heavy atom. The lowest BCUT2D eigenvalue weighted by Gasteiger charge is -2.25. The molecular weight excluding hydrogens is 253 g/mol. The third-order valence-electron chi connectivity index (χ3n) is 3.30. The third-order valence-corrected chi connectivity index (χ3v) is 3.30. The third kappa shape index (κ3) is 3.35. The summed E-state index contributed by atoms with van der Waals surface area (Å²) in [6, 6.07) is 16.0. The van der Waals surface area contributed by atoms with Gasteiger partial charge in [0.05, 0.1) is 11.8 Å². The molecule has 0 bridgehead atoms. The van der Waals surface area contributed by atoms with E-state index in [4.69, 9.17) is 11.1 Å². The number of rotatable bonds is 5. The molecule has 1 atom stereocenters. The van der Waals surface area contributed by atoms with Gasteiger partial charge in [-0.15, -0.1) is 0 Å². The van der Waals surface area contributed by atoms with Gasteiger partial charge in [-0.1, -0.05) is 30.3 Å². The van der Waals surface area contributed by atoms with Crippen LogP contribution < -0.4 is 10.6 Å². The zero-order chi connectivity index (χ0) is 14.5. The number of hydrogen-bond acceptors (Lipinski definition) is 2. The molecule has 3 nitrogen and oxygen atoms in total. The van der Waals surface area contributed by atoms with E-state index in [9.17, 15) is 4.39 Å². The van der Waals surface area contributed by atoms with E-state index in [0.29, 0.717) is 6.54 Å². The van der Waals surface area contributed by atoms with Crippen molar-refractivity contribution in [1.82, 2.24) is 0 Å². The van der Waals surface area contributed by atoms with Crippen molar-refractivity contribution in [3.63, 3.8) is 0 Å². The van der Waals surface area contributed by atoms with Crippen LogP contribution in [0.15, 0.2) is 54.6 Å². The smallest absolute Gasteiger partial charge is 0.123 e. The van der Waals surface area contributed by atoms with Crippen LogP contribution >= 0.6 is 0 Å². The van der Waals surface area contributed by atoms with Crippen molar-refractivity contribution in [2.24, 2.45) is 5.73 Å². The molecule has 2 aromatic carbocycles. The zero-order valence-corrected chi connectivity index (χ0v) is 11.4. The maximum absolute atomic E-state index is 12.9. The molecule has 2 rings (SSSR count). The number of hydrogen-bond donors (Lipinski definition) is 2.